The zero-order chi connectivity index (χ0) is 13.0. The van der Waals surface area contributed by atoms with Gasteiger partial charge in [-0.2, -0.15) is 0 Å². The minimum atomic E-state index is -0.997. The summed E-state index contributed by atoms with van der Waals surface area (Å²) in [4.78, 5) is 22.5. The second kappa shape index (κ2) is 5.64. The summed E-state index contributed by atoms with van der Waals surface area (Å²) in [5.74, 6) is -1.08. The van der Waals surface area contributed by atoms with Crippen LogP contribution in [0.2, 0.25) is 0 Å². The Balaban J connectivity index is 1.93. The Hall–Kier alpha value is -1.88. The van der Waals surface area contributed by atoms with Crippen LogP contribution >= 0.6 is 0 Å². The lowest BCUT2D eigenvalue weighted by Gasteiger charge is -2.10. The molecule has 0 aliphatic carbocycles. The third-order valence-electron chi connectivity index (χ3n) is 2.99. The number of nitrogens with one attached hydrogen (secondary N) is 2. The van der Waals surface area contributed by atoms with Crippen molar-refractivity contribution in [2.75, 3.05) is 11.9 Å². The van der Waals surface area contributed by atoms with Gasteiger partial charge in [-0.3, -0.25) is 4.79 Å². The maximum absolute atomic E-state index is 11.8. The molecule has 18 heavy (non-hydrogen) atoms. The van der Waals surface area contributed by atoms with E-state index < -0.39 is 5.97 Å². The highest BCUT2D eigenvalue weighted by atomic mass is 16.4. The molecular formula is C13H16N2O3. The number of carboxylic acids is 1. The average Bonchev–Trinajstić information content (AvgIpc) is 2.82. The molecule has 96 valence electrons. The zero-order valence-electron chi connectivity index (χ0n) is 9.98. The van der Waals surface area contributed by atoms with Crippen molar-refractivity contribution in [3.63, 3.8) is 0 Å². The molecule has 0 bridgehead atoms. The molecule has 5 nitrogen and oxygen atoms in total. The van der Waals surface area contributed by atoms with Gasteiger partial charge in [-0.15, -0.1) is 0 Å². The number of carboxylic acid groups (broad SMARTS) is 1. The van der Waals surface area contributed by atoms with Crippen molar-refractivity contribution in [3.05, 3.63) is 29.8 Å². The van der Waals surface area contributed by atoms with E-state index in [9.17, 15) is 9.59 Å². The molecule has 1 unspecified atom stereocenters. The molecule has 1 aliphatic heterocycles. The summed E-state index contributed by atoms with van der Waals surface area (Å²) in [6.45, 7) is 0.965. The predicted molar refractivity (Wildman–Crippen MR) is 67.7 cm³/mol. The van der Waals surface area contributed by atoms with Crippen molar-refractivity contribution in [2.24, 2.45) is 0 Å². The fourth-order valence-corrected chi connectivity index (χ4v) is 2.10. The smallest absolute Gasteiger partial charge is 0.335 e. The van der Waals surface area contributed by atoms with Crippen LogP contribution in [0.3, 0.4) is 0 Å². The van der Waals surface area contributed by atoms with Gasteiger partial charge < -0.3 is 15.7 Å². The van der Waals surface area contributed by atoms with E-state index in [1.165, 1.54) is 12.1 Å². The van der Waals surface area contributed by atoms with Crippen molar-refractivity contribution >= 4 is 17.6 Å². The fourth-order valence-electron chi connectivity index (χ4n) is 2.10. The van der Waals surface area contributed by atoms with Gasteiger partial charge in [0.1, 0.15) is 0 Å². The van der Waals surface area contributed by atoms with Crippen molar-refractivity contribution in [1.82, 2.24) is 5.32 Å². The fraction of sp³-hybridized carbons (Fsp3) is 0.385. The van der Waals surface area contributed by atoms with Gasteiger partial charge in [0.05, 0.1) is 5.56 Å². The van der Waals surface area contributed by atoms with Crippen LogP contribution in [-0.4, -0.2) is 29.6 Å². The molecule has 1 aromatic rings. The molecule has 1 saturated heterocycles. The van der Waals surface area contributed by atoms with Crippen LogP contribution in [0.1, 0.15) is 29.6 Å². The Kier molecular flexibility index (Phi) is 3.94. The zero-order valence-corrected chi connectivity index (χ0v) is 9.98. The molecule has 0 radical (unpaired) electrons. The molecule has 3 N–H and O–H groups in total. The number of benzene rings is 1. The Morgan fingerprint density at radius 2 is 2.28 bits per heavy atom. The van der Waals surface area contributed by atoms with E-state index in [1.807, 2.05) is 0 Å². The highest BCUT2D eigenvalue weighted by molar-refractivity contribution is 5.94. The highest BCUT2D eigenvalue weighted by Crippen LogP contribution is 2.13. The summed E-state index contributed by atoms with van der Waals surface area (Å²) in [6.07, 6.45) is 2.55. The van der Waals surface area contributed by atoms with Crippen LogP contribution < -0.4 is 10.6 Å². The molecule has 1 atom stereocenters. The number of carbonyl (C=O) groups excluding carboxylic acids is 1. The first kappa shape index (κ1) is 12.6. The third kappa shape index (κ3) is 3.30. The highest BCUT2D eigenvalue weighted by Gasteiger charge is 2.17. The molecule has 1 heterocycles. The summed E-state index contributed by atoms with van der Waals surface area (Å²) in [7, 11) is 0. The maximum atomic E-state index is 11.8. The van der Waals surface area contributed by atoms with Crippen molar-refractivity contribution in [2.45, 2.75) is 25.3 Å². The number of amides is 1. The number of aromatic carboxylic acids is 1. The molecule has 1 amide bonds. The number of rotatable bonds is 4. The molecule has 1 aromatic carbocycles. The quantitative estimate of drug-likeness (QED) is 0.754. The van der Waals surface area contributed by atoms with Crippen molar-refractivity contribution < 1.29 is 14.7 Å². The Morgan fingerprint density at radius 3 is 2.94 bits per heavy atom. The van der Waals surface area contributed by atoms with Crippen molar-refractivity contribution in [1.29, 1.82) is 0 Å². The molecule has 0 saturated carbocycles. The SMILES string of the molecule is O=C(CC1CCCN1)Nc1cccc(C(=O)O)c1. The monoisotopic (exact) mass is 248 g/mol. The van der Waals surface area contributed by atoms with Gasteiger partial charge >= 0.3 is 5.97 Å². The van der Waals surface area contributed by atoms with Crippen LogP contribution in [0.25, 0.3) is 0 Å². The summed E-state index contributed by atoms with van der Waals surface area (Å²) >= 11 is 0. The van der Waals surface area contributed by atoms with Gasteiger partial charge in [0.15, 0.2) is 0 Å². The van der Waals surface area contributed by atoms with Crippen LogP contribution in [0.15, 0.2) is 24.3 Å². The molecule has 1 aliphatic rings. The van der Waals surface area contributed by atoms with Gasteiger partial charge in [0.25, 0.3) is 0 Å². The topological polar surface area (TPSA) is 78.4 Å². The lowest BCUT2D eigenvalue weighted by Crippen LogP contribution is -2.27. The summed E-state index contributed by atoms with van der Waals surface area (Å²) < 4.78 is 0. The van der Waals surface area contributed by atoms with E-state index in [4.69, 9.17) is 5.11 Å². The number of hydrogen-bond donors (Lipinski definition) is 3. The van der Waals surface area contributed by atoms with Crippen molar-refractivity contribution in [3.8, 4) is 0 Å². The molecular weight excluding hydrogens is 232 g/mol. The first-order chi connectivity index (χ1) is 8.65. The largest absolute Gasteiger partial charge is 0.478 e. The van der Waals surface area contributed by atoms with Gasteiger partial charge in [0, 0.05) is 18.2 Å². The van der Waals surface area contributed by atoms with E-state index in [1.54, 1.807) is 12.1 Å². The summed E-state index contributed by atoms with van der Waals surface area (Å²) in [6, 6.07) is 6.51. The maximum Gasteiger partial charge on any atom is 0.335 e. The van der Waals surface area contributed by atoms with Crippen LogP contribution in [0.4, 0.5) is 5.69 Å². The normalized spacial score (nSPS) is 18.6. The summed E-state index contributed by atoms with van der Waals surface area (Å²) in [5.41, 5.74) is 0.699. The molecule has 0 spiro atoms. The van der Waals surface area contributed by atoms with Crippen LogP contribution in [-0.2, 0) is 4.79 Å². The Labute approximate surface area is 105 Å². The first-order valence-electron chi connectivity index (χ1n) is 6.02. The van der Waals surface area contributed by atoms with E-state index in [-0.39, 0.29) is 17.5 Å². The lowest BCUT2D eigenvalue weighted by atomic mass is 10.1. The average molecular weight is 248 g/mol. The van der Waals surface area contributed by atoms with Crippen LogP contribution in [0.5, 0.6) is 0 Å². The minimum Gasteiger partial charge on any atom is -0.478 e. The first-order valence-corrected chi connectivity index (χ1v) is 6.02. The standard InChI is InChI=1S/C13H16N2O3/c16-12(8-10-5-2-6-14-10)15-11-4-1-3-9(7-11)13(17)18/h1,3-4,7,10,14H,2,5-6,8H2,(H,15,16)(H,17,18). The van der Waals surface area contributed by atoms with Gasteiger partial charge in [0.2, 0.25) is 5.91 Å². The van der Waals surface area contributed by atoms with Gasteiger partial charge in [-0.25, -0.2) is 4.79 Å². The molecule has 1 fully saturated rings. The Bertz CT molecular complexity index is 453. The third-order valence-corrected chi connectivity index (χ3v) is 2.99. The number of hydrogen-bond acceptors (Lipinski definition) is 3. The molecule has 5 heteroatoms. The van der Waals surface area contributed by atoms with E-state index in [0.717, 1.165) is 19.4 Å². The summed E-state index contributed by atoms with van der Waals surface area (Å²) in [5, 5.41) is 14.8. The Morgan fingerprint density at radius 1 is 1.44 bits per heavy atom. The number of carbonyl (C=O) groups is 2. The molecule has 2 rings (SSSR count). The minimum absolute atomic E-state index is 0.0862. The predicted octanol–water partition coefficient (Wildman–Crippen LogP) is 1.47. The van der Waals surface area contributed by atoms with E-state index >= 15 is 0 Å². The van der Waals surface area contributed by atoms with Gasteiger partial charge in [-0.1, -0.05) is 6.07 Å². The van der Waals surface area contributed by atoms with E-state index in [2.05, 4.69) is 10.6 Å². The number of anilines is 1. The van der Waals surface area contributed by atoms with Gasteiger partial charge in [-0.05, 0) is 37.6 Å². The second-order valence-electron chi connectivity index (χ2n) is 4.43. The second-order valence-corrected chi connectivity index (χ2v) is 4.43. The van der Waals surface area contributed by atoms with E-state index in [0.29, 0.717) is 12.1 Å². The lowest BCUT2D eigenvalue weighted by molar-refractivity contribution is -0.116. The molecule has 0 aromatic heterocycles. The van der Waals surface area contributed by atoms with Crippen LogP contribution in [0, 0.1) is 0 Å².